The molecule has 0 spiro atoms. The number of pyridine rings is 2. The molecule has 3 aromatic heterocycles. The molecule has 5 aliphatic heterocycles. The number of nitrogens with one attached hydrogen (secondary N) is 2. The van der Waals surface area contributed by atoms with E-state index in [0.29, 0.717) is 60.0 Å². The van der Waals surface area contributed by atoms with Crippen LogP contribution in [0.5, 0.6) is 0 Å². The number of rotatable bonds is 8. The summed E-state index contributed by atoms with van der Waals surface area (Å²) in [6, 6.07) is 14.8. The minimum atomic E-state index is -0.610. The lowest BCUT2D eigenvalue weighted by atomic mass is 9.95. The summed E-state index contributed by atoms with van der Waals surface area (Å²) in [5, 5.41) is 12.0. The van der Waals surface area contributed by atoms with Crippen LogP contribution in [0.2, 0.25) is 0 Å². The Labute approximate surface area is 346 Å². The first-order valence-corrected chi connectivity index (χ1v) is 20.9. The molecule has 1 atom stereocenters. The summed E-state index contributed by atoms with van der Waals surface area (Å²) in [7, 11) is 0. The van der Waals surface area contributed by atoms with E-state index in [2.05, 4.69) is 41.4 Å². The van der Waals surface area contributed by atoms with E-state index in [-0.39, 0.29) is 42.5 Å². The van der Waals surface area contributed by atoms with Gasteiger partial charge in [0.2, 0.25) is 17.7 Å². The number of amides is 4. The monoisotopic (exact) mass is 810 g/mol. The Morgan fingerprint density at radius 3 is 2.43 bits per heavy atom. The van der Waals surface area contributed by atoms with Gasteiger partial charge in [0.25, 0.3) is 5.91 Å². The lowest BCUT2D eigenvalue weighted by Gasteiger charge is -2.45. The van der Waals surface area contributed by atoms with Crippen molar-refractivity contribution < 1.29 is 23.6 Å². The van der Waals surface area contributed by atoms with Crippen LogP contribution in [-0.2, 0) is 33.9 Å². The first kappa shape index (κ1) is 38.0. The van der Waals surface area contributed by atoms with Crippen LogP contribution < -0.4 is 15.5 Å². The molecule has 0 bridgehead atoms. The molecule has 1 unspecified atom stereocenters. The van der Waals surface area contributed by atoms with Crippen LogP contribution >= 0.6 is 0 Å². The summed E-state index contributed by atoms with van der Waals surface area (Å²) in [5.41, 5.74) is 6.67. The number of carbonyl (C=O) groups excluding carboxylic acids is 4. The van der Waals surface area contributed by atoms with E-state index in [0.717, 1.165) is 84.7 Å². The van der Waals surface area contributed by atoms with Gasteiger partial charge in [-0.3, -0.25) is 34.2 Å². The molecule has 2 N–H and O–H groups in total. The Balaban J connectivity index is 0.705. The predicted octanol–water partition coefficient (Wildman–Crippen LogP) is 4.74. The fraction of sp³-hybridized carbons (Fsp3) is 0.400. The predicted molar refractivity (Wildman–Crippen MR) is 223 cm³/mol. The maximum absolute atomic E-state index is 15.2. The molecule has 0 saturated carbocycles. The maximum Gasteiger partial charge on any atom is 0.255 e. The average molecular weight is 811 g/mol. The first-order valence-electron chi connectivity index (χ1n) is 20.9. The van der Waals surface area contributed by atoms with Crippen LogP contribution in [0.4, 0.5) is 21.7 Å². The van der Waals surface area contributed by atoms with Gasteiger partial charge in [0.05, 0.1) is 0 Å². The van der Waals surface area contributed by atoms with Gasteiger partial charge >= 0.3 is 0 Å². The average Bonchev–Trinajstić information content (AvgIpc) is 3.69. The highest BCUT2D eigenvalue weighted by Gasteiger charge is 2.40. The lowest BCUT2D eigenvalue weighted by molar-refractivity contribution is -0.137. The number of benzene rings is 2. The van der Waals surface area contributed by atoms with E-state index >= 15 is 4.39 Å². The molecule has 2 aromatic carbocycles. The highest BCUT2D eigenvalue weighted by atomic mass is 19.1. The molecule has 8 heterocycles. The SMILES string of the molecule is Cc1cc(C)c(-c2cc3cc(Nc4cc5n(n4)CC(=O)N(C4CCN(CC6CN(c7ccc8c(c7)C(=O)N(C7CCC(=O)NC7=O)C8)C6)CC4)CC5)ncc3cc2F)cn1. The number of likely N-dealkylation sites (tertiary alicyclic amines) is 1. The molecule has 308 valence electrons. The minimum absolute atomic E-state index is 0.0869. The van der Waals surface area contributed by atoms with Crippen LogP contribution in [0.3, 0.4) is 0 Å². The van der Waals surface area contributed by atoms with E-state index < -0.39 is 11.9 Å². The zero-order valence-corrected chi connectivity index (χ0v) is 33.8. The number of fused-ring (bicyclic) bond motifs is 3. The summed E-state index contributed by atoms with van der Waals surface area (Å²) in [6.07, 6.45) is 6.55. The van der Waals surface area contributed by atoms with Gasteiger partial charge in [-0.15, -0.1) is 0 Å². The third-order valence-corrected chi connectivity index (χ3v) is 13.0. The molecule has 15 heteroatoms. The van der Waals surface area contributed by atoms with Crippen molar-refractivity contribution in [1.29, 1.82) is 0 Å². The van der Waals surface area contributed by atoms with Crippen LogP contribution in [0, 0.1) is 25.6 Å². The topological polar surface area (TPSA) is 149 Å². The molecule has 3 fully saturated rings. The second-order valence-corrected chi connectivity index (χ2v) is 17.1. The minimum Gasteiger partial charge on any atom is -0.371 e. The Bertz CT molecular complexity index is 2580. The molecule has 4 amide bonds. The number of carbonyl (C=O) groups is 4. The molecule has 14 nitrogen and oxygen atoms in total. The lowest BCUT2D eigenvalue weighted by Crippen LogP contribution is -2.54. The molecule has 3 saturated heterocycles. The van der Waals surface area contributed by atoms with Gasteiger partial charge in [-0.05, 0) is 86.0 Å². The largest absolute Gasteiger partial charge is 0.371 e. The number of aromatic nitrogens is 4. The van der Waals surface area contributed by atoms with Crippen LogP contribution in [0.1, 0.15) is 58.6 Å². The van der Waals surface area contributed by atoms with Crippen molar-refractivity contribution in [3.05, 3.63) is 94.8 Å². The third-order valence-electron chi connectivity index (χ3n) is 13.0. The van der Waals surface area contributed by atoms with Gasteiger partial charge < -0.3 is 24.9 Å². The number of aryl methyl sites for hydroxylation is 2. The molecule has 0 radical (unpaired) electrons. The van der Waals surface area contributed by atoms with Gasteiger partial charge in [0, 0.05) is 128 Å². The molecule has 10 rings (SSSR count). The van der Waals surface area contributed by atoms with Crippen molar-refractivity contribution in [1.82, 2.24) is 39.8 Å². The fourth-order valence-electron chi connectivity index (χ4n) is 9.78. The van der Waals surface area contributed by atoms with Gasteiger partial charge in [-0.1, -0.05) is 6.07 Å². The first-order chi connectivity index (χ1) is 29.0. The normalized spacial score (nSPS) is 20.3. The summed E-state index contributed by atoms with van der Waals surface area (Å²) in [4.78, 5) is 68.4. The molecule has 5 aliphatic rings. The zero-order chi connectivity index (χ0) is 41.2. The van der Waals surface area contributed by atoms with Crippen LogP contribution in [0.25, 0.3) is 21.9 Å². The van der Waals surface area contributed by atoms with Crippen molar-refractivity contribution in [3.63, 3.8) is 0 Å². The van der Waals surface area contributed by atoms with Gasteiger partial charge in [0.15, 0.2) is 5.82 Å². The van der Waals surface area contributed by atoms with Crippen molar-refractivity contribution in [2.75, 3.05) is 49.5 Å². The molecular formula is C45H47FN10O4. The second kappa shape index (κ2) is 15.1. The maximum atomic E-state index is 15.2. The van der Waals surface area contributed by atoms with E-state index in [4.69, 9.17) is 5.10 Å². The summed E-state index contributed by atoms with van der Waals surface area (Å²) in [6.45, 7) is 9.83. The van der Waals surface area contributed by atoms with E-state index in [1.807, 2.05) is 50.2 Å². The smallest absolute Gasteiger partial charge is 0.255 e. The third kappa shape index (κ3) is 7.14. The Kier molecular flexibility index (Phi) is 9.57. The summed E-state index contributed by atoms with van der Waals surface area (Å²) < 4.78 is 17.0. The molecule has 60 heavy (non-hydrogen) atoms. The van der Waals surface area contributed by atoms with Crippen molar-refractivity contribution in [3.8, 4) is 11.1 Å². The number of halogens is 1. The number of piperidine rings is 2. The van der Waals surface area contributed by atoms with E-state index in [1.54, 1.807) is 22.0 Å². The van der Waals surface area contributed by atoms with E-state index in [1.165, 1.54) is 6.07 Å². The quantitative estimate of drug-likeness (QED) is 0.211. The Hall–Kier alpha value is -6.22. The zero-order valence-electron chi connectivity index (χ0n) is 33.8. The van der Waals surface area contributed by atoms with Crippen LogP contribution in [0.15, 0.2) is 60.9 Å². The van der Waals surface area contributed by atoms with Gasteiger partial charge in [0.1, 0.15) is 24.2 Å². The van der Waals surface area contributed by atoms with Gasteiger partial charge in [-0.25, -0.2) is 9.37 Å². The Morgan fingerprint density at radius 1 is 0.800 bits per heavy atom. The van der Waals surface area contributed by atoms with E-state index in [9.17, 15) is 19.2 Å². The van der Waals surface area contributed by atoms with Crippen LogP contribution in [-0.4, -0.2) is 109 Å². The Morgan fingerprint density at radius 2 is 1.63 bits per heavy atom. The second-order valence-electron chi connectivity index (χ2n) is 17.1. The molecule has 5 aromatic rings. The standard InChI is InChI=1S/C45H47FN10O4/c1-26-13-27(2)47-20-37(26)36-14-30-16-40(48-19-31(30)15-38(36)46)49-41-18-34-9-12-54(43(58)25-56(34)51-41)32-7-10-52(11-8-32)21-28-22-53(23-28)33-4-3-29-24-55(45(60)35(29)17-33)39-5-6-42(57)50-44(39)59/h3-4,13-20,28,32,39H,5-12,21-25H2,1-2H3,(H,48,49,51)(H,50,57,59). The highest BCUT2D eigenvalue weighted by Crippen LogP contribution is 2.35. The van der Waals surface area contributed by atoms with Crippen molar-refractivity contribution >= 4 is 51.7 Å². The van der Waals surface area contributed by atoms with Gasteiger partial charge in [-0.2, -0.15) is 5.10 Å². The van der Waals surface area contributed by atoms with Crippen molar-refractivity contribution in [2.24, 2.45) is 5.92 Å². The highest BCUT2D eigenvalue weighted by molar-refractivity contribution is 6.05. The molecule has 0 aliphatic carbocycles. The van der Waals surface area contributed by atoms with Crippen molar-refractivity contribution in [2.45, 2.75) is 71.1 Å². The number of hydrogen-bond donors (Lipinski definition) is 2. The number of anilines is 3. The number of imide groups is 1. The summed E-state index contributed by atoms with van der Waals surface area (Å²) >= 11 is 0. The fourth-order valence-corrected chi connectivity index (χ4v) is 9.78. The number of hydrogen-bond acceptors (Lipinski definition) is 10. The number of nitrogens with zero attached hydrogens (tertiary/aromatic N) is 8. The summed E-state index contributed by atoms with van der Waals surface area (Å²) in [5.74, 6) is 0.665. The molecular weight excluding hydrogens is 764 g/mol.